The van der Waals surface area contributed by atoms with Crippen molar-refractivity contribution in [3.8, 4) is 0 Å². The molecule has 4 N–H and O–H groups in total. The number of nitrogens with two attached hydrogens (primary N) is 1. The lowest BCUT2D eigenvalue weighted by molar-refractivity contribution is 0.0984. The molecule has 2 unspecified atom stereocenters. The van der Waals surface area contributed by atoms with E-state index in [9.17, 15) is 4.79 Å². The molecule has 9 heteroatoms. The highest BCUT2D eigenvalue weighted by Gasteiger charge is 2.41. The second-order valence-electron chi connectivity index (χ2n) is 12.2. The summed E-state index contributed by atoms with van der Waals surface area (Å²) < 4.78 is 3.01. The lowest BCUT2D eigenvalue weighted by Crippen LogP contribution is -2.40. The molecule has 1 amide bonds. The first kappa shape index (κ1) is 27.4. The molecule has 1 fully saturated rings. The zero-order valence-corrected chi connectivity index (χ0v) is 24.3. The molecule has 0 saturated carbocycles. The number of nitrogens with zero attached hydrogens (tertiary/aromatic N) is 4. The Hall–Kier alpha value is -3.17. The van der Waals surface area contributed by atoms with Gasteiger partial charge >= 0.3 is 0 Å². The highest BCUT2D eigenvalue weighted by atomic mass is 32.2. The Morgan fingerprint density at radius 2 is 1.85 bits per heavy atom. The number of anilines is 2. The van der Waals surface area contributed by atoms with E-state index in [1.165, 1.54) is 11.9 Å². The Balaban J connectivity index is 1.55. The number of rotatable bonds is 2. The molecule has 206 valence electrons. The van der Waals surface area contributed by atoms with Crippen LogP contribution >= 0.6 is 11.9 Å². The predicted molar refractivity (Wildman–Crippen MR) is 158 cm³/mol. The van der Waals surface area contributed by atoms with Gasteiger partial charge in [-0.05, 0) is 75.4 Å². The summed E-state index contributed by atoms with van der Waals surface area (Å²) in [6.45, 7) is 12.2. The van der Waals surface area contributed by atoms with Crippen molar-refractivity contribution in [3.63, 3.8) is 0 Å². The molecule has 2 aliphatic rings. The molecule has 0 spiro atoms. The molecule has 2 aliphatic heterocycles. The summed E-state index contributed by atoms with van der Waals surface area (Å²) in [7, 11) is 0. The number of hydrogen-bond donors (Lipinski definition) is 3. The zero-order valence-electron chi connectivity index (χ0n) is 23.5. The number of carbonyl (C=O) groups is 1. The molecule has 4 bridgehead atoms. The Morgan fingerprint density at radius 3 is 2.62 bits per heavy atom. The van der Waals surface area contributed by atoms with Crippen molar-refractivity contribution in [1.29, 1.82) is 0 Å². The van der Waals surface area contributed by atoms with Crippen molar-refractivity contribution < 1.29 is 4.79 Å². The average molecular weight is 546 g/mol. The van der Waals surface area contributed by atoms with Crippen LogP contribution in [-0.4, -0.2) is 32.9 Å². The molecule has 2 atom stereocenters. The first-order chi connectivity index (χ1) is 18.5. The molecular formula is C30H39N7OS. The van der Waals surface area contributed by atoms with E-state index >= 15 is 0 Å². The number of aromatic nitrogens is 3. The molecule has 5 heterocycles. The normalized spacial score (nSPS) is 21.3. The Kier molecular flexibility index (Phi) is 7.57. The Bertz CT molecular complexity index is 1350. The van der Waals surface area contributed by atoms with Crippen LogP contribution in [0.25, 0.3) is 0 Å². The molecule has 39 heavy (non-hydrogen) atoms. The first-order valence-corrected chi connectivity index (χ1v) is 14.5. The molecular weight excluding hydrogens is 506 g/mol. The van der Waals surface area contributed by atoms with Crippen LogP contribution in [0.1, 0.15) is 87.4 Å². The van der Waals surface area contributed by atoms with E-state index in [1.54, 1.807) is 0 Å². The van der Waals surface area contributed by atoms with Gasteiger partial charge in [-0.2, -0.15) is 0 Å². The Morgan fingerprint density at radius 1 is 1.05 bits per heavy atom. The van der Waals surface area contributed by atoms with Gasteiger partial charge in [0.2, 0.25) is 0 Å². The van der Waals surface area contributed by atoms with E-state index in [0.29, 0.717) is 23.1 Å². The van der Waals surface area contributed by atoms with Gasteiger partial charge in [0.15, 0.2) is 0 Å². The fraction of sp³-hybridized carbons (Fsp3) is 0.467. The molecule has 1 saturated heterocycles. The van der Waals surface area contributed by atoms with Crippen molar-refractivity contribution in [3.05, 3.63) is 71.2 Å². The smallest absolute Gasteiger partial charge is 0.265 e. The highest BCUT2D eigenvalue weighted by Crippen LogP contribution is 2.41. The number of nitrogens with one attached hydrogen (secondary N) is 2. The van der Waals surface area contributed by atoms with Gasteiger partial charge in [0.1, 0.15) is 16.7 Å². The van der Waals surface area contributed by atoms with Gasteiger partial charge in [-0.25, -0.2) is 9.97 Å². The highest BCUT2D eigenvalue weighted by molar-refractivity contribution is 7.97. The van der Waals surface area contributed by atoms with Crippen molar-refractivity contribution in [1.82, 2.24) is 19.7 Å². The minimum absolute atomic E-state index is 0.0148. The molecule has 3 aromatic heterocycles. The van der Waals surface area contributed by atoms with E-state index in [1.807, 2.05) is 42.5 Å². The van der Waals surface area contributed by atoms with Crippen molar-refractivity contribution >= 4 is 29.5 Å². The maximum atomic E-state index is 13.5. The first-order valence-electron chi connectivity index (χ1n) is 13.7. The maximum absolute atomic E-state index is 13.5. The van der Waals surface area contributed by atoms with E-state index in [0.717, 1.165) is 54.5 Å². The average Bonchev–Trinajstić information content (AvgIpc) is 3.22. The van der Waals surface area contributed by atoms with Gasteiger partial charge in [-0.3, -0.25) is 14.5 Å². The minimum Gasteiger partial charge on any atom is -0.362 e. The third kappa shape index (κ3) is 6.04. The summed E-state index contributed by atoms with van der Waals surface area (Å²) in [6, 6.07) is 15.7. The number of hydrogen-bond acceptors (Lipinski definition) is 8. The van der Waals surface area contributed by atoms with E-state index in [2.05, 4.69) is 55.6 Å². The summed E-state index contributed by atoms with van der Waals surface area (Å²) in [6.07, 6.45) is 2.91. The number of pyridine rings is 3. The van der Waals surface area contributed by atoms with Crippen LogP contribution in [0.2, 0.25) is 0 Å². The van der Waals surface area contributed by atoms with Crippen molar-refractivity contribution in [2.45, 2.75) is 82.4 Å². The zero-order chi connectivity index (χ0) is 27.8. The molecule has 0 aromatic carbocycles. The van der Waals surface area contributed by atoms with Gasteiger partial charge in [-0.1, -0.05) is 32.9 Å². The fourth-order valence-corrected chi connectivity index (χ4v) is 6.19. The maximum Gasteiger partial charge on any atom is 0.265 e. The van der Waals surface area contributed by atoms with Crippen LogP contribution < -0.4 is 20.7 Å². The van der Waals surface area contributed by atoms with Crippen LogP contribution in [-0.2, 0) is 12.0 Å². The van der Waals surface area contributed by atoms with E-state index in [-0.39, 0.29) is 22.9 Å². The van der Waals surface area contributed by atoms with Gasteiger partial charge < -0.3 is 16.0 Å². The molecule has 8 nitrogen and oxygen atoms in total. The second kappa shape index (κ2) is 10.8. The van der Waals surface area contributed by atoms with Crippen molar-refractivity contribution in [2.75, 3.05) is 16.8 Å². The lowest BCUT2D eigenvalue weighted by atomic mass is 9.90. The van der Waals surface area contributed by atoms with Crippen molar-refractivity contribution in [2.24, 2.45) is 11.7 Å². The number of amides is 1. The summed E-state index contributed by atoms with van der Waals surface area (Å²) in [4.78, 5) is 30.6. The van der Waals surface area contributed by atoms with E-state index < -0.39 is 0 Å². The van der Waals surface area contributed by atoms with Gasteiger partial charge in [0.05, 0.1) is 23.0 Å². The summed E-state index contributed by atoms with van der Waals surface area (Å²) >= 11 is 1.22. The molecule has 0 radical (unpaired) electrons. The van der Waals surface area contributed by atoms with Crippen LogP contribution in [0.5, 0.6) is 0 Å². The quantitative estimate of drug-likeness (QED) is 0.356. The van der Waals surface area contributed by atoms with Crippen LogP contribution in [0.15, 0.2) is 53.6 Å². The van der Waals surface area contributed by atoms with Gasteiger partial charge in [0.25, 0.3) is 5.91 Å². The lowest BCUT2D eigenvalue weighted by Gasteiger charge is -2.34. The number of fused-ring (bicyclic) bond motifs is 6. The standard InChI is InChI=1S/C30H39N7OS/c1-29(2,3)24-15-13-21-27(34-24)37-18-19(16-30(37,4)5)12-14-23(22-9-6-8-20(17-31)32-22)33-25-10-7-11-26(35-25)39-36-28(21)38/h6-11,13,15,19,23H,12,14,16-18,31H2,1-5H3,(H,33,35)(H,36,38). The topological polar surface area (TPSA) is 109 Å². The van der Waals surface area contributed by atoms with E-state index in [4.69, 9.17) is 20.7 Å². The predicted octanol–water partition coefficient (Wildman–Crippen LogP) is 5.62. The molecule has 3 aromatic rings. The monoisotopic (exact) mass is 545 g/mol. The number of carbonyl (C=O) groups excluding carboxylic acids is 1. The fourth-order valence-electron chi connectivity index (χ4n) is 5.59. The van der Waals surface area contributed by atoms with Crippen LogP contribution in [0.4, 0.5) is 11.6 Å². The third-order valence-corrected chi connectivity index (χ3v) is 8.38. The van der Waals surface area contributed by atoms with Gasteiger partial charge in [-0.15, -0.1) is 0 Å². The molecule has 5 rings (SSSR count). The SMILES string of the molecule is CC(C)(C)c1ccc2c(n1)N1CC(CCC(c3cccc(CN)n3)Nc3cccc(n3)SNC2=O)CC1(C)C. The van der Waals surface area contributed by atoms with Gasteiger partial charge in [0, 0.05) is 41.7 Å². The van der Waals surface area contributed by atoms with Crippen LogP contribution in [0.3, 0.4) is 0 Å². The Labute approximate surface area is 235 Å². The largest absolute Gasteiger partial charge is 0.362 e. The summed E-state index contributed by atoms with van der Waals surface area (Å²) in [5, 5.41) is 4.32. The van der Waals surface area contributed by atoms with Crippen LogP contribution in [0, 0.1) is 5.92 Å². The molecule has 0 aliphatic carbocycles. The second-order valence-corrected chi connectivity index (χ2v) is 13.1. The minimum atomic E-state index is -0.169. The third-order valence-electron chi connectivity index (χ3n) is 7.66. The summed E-state index contributed by atoms with van der Waals surface area (Å²) in [5.74, 6) is 1.78. The summed E-state index contributed by atoms with van der Waals surface area (Å²) in [5.41, 5.74) is 9.04.